The second kappa shape index (κ2) is 5.71. The predicted molar refractivity (Wildman–Crippen MR) is 88.4 cm³/mol. The Morgan fingerprint density at radius 1 is 1.05 bits per heavy atom. The lowest BCUT2D eigenvalue weighted by Gasteiger charge is -2.18. The molecule has 0 saturated carbocycles. The Morgan fingerprint density at radius 2 is 1.85 bits per heavy atom. The molecule has 1 atom stereocenters. The number of fused-ring (bicyclic) bond motifs is 1. The Bertz CT molecular complexity index is 597. The molecule has 0 fully saturated rings. The van der Waals surface area contributed by atoms with Gasteiger partial charge in [0.1, 0.15) is 0 Å². The van der Waals surface area contributed by atoms with Crippen LogP contribution in [-0.4, -0.2) is 7.05 Å². The molecule has 1 N–H and O–H groups in total. The summed E-state index contributed by atoms with van der Waals surface area (Å²) in [6.45, 7) is 4.55. The molecular formula is C18H23NS. The van der Waals surface area contributed by atoms with E-state index in [1.165, 1.54) is 34.6 Å². The van der Waals surface area contributed by atoms with Crippen molar-refractivity contribution in [2.75, 3.05) is 7.05 Å². The molecule has 3 rings (SSSR count). The van der Waals surface area contributed by atoms with Crippen molar-refractivity contribution in [2.45, 2.75) is 39.2 Å². The van der Waals surface area contributed by atoms with Gasteiger partial charge in [0.15, 0.2) is 0 Å². The van der Waals surface area contributed by atoms with Crippen molar-refractivity contribution in [3.05, 3.63) is 46.3 Å². The summed E-state index contributed by atoms with van der Waals surface area (Å²) >= 11 is 1.93. The monoisotopic (exact) mass is 285 g/mol. The molecule has 1 aromatic heterocycles. The zero-order valence-electron chi connectivity index (χ0n) is 12.6. The molecule has 0 bridgehead atoms. The highest BCUT2D eigenvalue weighted by Gasteiger charge is 2.17. The quantitative estimate of drug-likeness (QED) is 0.849. The highest BCUT2D eigenvalue weighted by Crippen LogP contribution is 2.35. The molecule has 106 valence electrons. The van der Waals surface area contributed by atoms with E-state index in [0.29, 0.717) is 12.0 Å². The van der Waals surface area contributed by atoms with E-state index in [1.807, 2.05) is 11.3 Å². The minimum Gasteiger partial charge on any atom is -0.312 e. The van der Waals surface area contributed by atoms with E-state index < -0.39 is 0 Å². The van der Waals surface area contributed by atoms with Gasteiger partial charge in [0, 0.05) is 15.8 Å². The van der Waals surface area contributed by atoms with E-state index in [9.17, 15) is 0 Å². The smallest absolute Gasteiger partial charge is 0.0435 e. The molecule has 0 amide bonds. The second-order valence-corrected chi connectivity index (χ2v) is 7.16. The average Bonchev–Trinajstić information content (AvgIpc) is 3.06. The molecule has 2 heteroatoms. The van der Waals surface area contributed by atoms with Gasteiger partial charge in [0.25, 0.3) is 0 Å². The van der Waals surface area contributed by atoms with E-state index in [-0.39, 0.29) is 0 Å². The molecule has 0 spiro atoms. The first-order chi connectivity index (χ1) is 9.69. The Kier molecular flexibility index (Phi) is 3.95. The Morgan fingerprint density at radius 3 is 2.60 bits per heavy atom. The lowest BCUT2D eigenvalue weighted by Crippen LogP contribution is -2.20. The topological polar surface area (TPSA) is 12.0 Å². The normalized spacial score (nSPS) is 15.6. The van der Waals surface area contributed by atoms with Crippen molar-refractivity contribution in [3.8, 4) is 10.4 Å². The molecule has 1 aromatic carbocycles. The van der Waals surface area contributed by atoms with Crippen molar-refractivity contribution in [3.63, 3.8) is 0 Å². The van der Waals surface area contributed by atoms with E-state index in [1.54, 1.807) is 11.1 Å². The van der Waals surface area contributed by atoms with Crippen LogP contribution in [0.1, 0.15) is 42.3 Å². The summed E-state index contributed by atoms with van der Waals surface area (Å²) < 4.78 is 0. The Labute approximate surface area is 126 Å². The van der Waals surface area contributed by atoms with Crippen LogP contribution in [0.25, 0.3) is 10.4 Å². The molecule has 1 nitrogen and oxygen atoms in total. The van der Waals surface area contributed by atoms with Gasteiger partial charge < -0.3 is 5.32 Å². The van der Waals surface area contributed by atoms with Crippen molar-refractivity contribution in [2.24, 2.45) is 5.92 Å². The number of benzene rings is 1. The molecule has 0 radical (unpaired) electrons. The molecule has 1 heterocycles. The third kappa shape index (κ3) is 2.55. The van der Waals surface area contributed by atoms with Crippen molar-refractivity contribution < 1.29 is 0 Å². The van der Waals surface area contributed by atoms with Gasteiger partial charge in [-0.3, -0.25) is 0 Å². The average molecular weight is 285 g/mol. The summed E-state index contributed by atoms with van der Waals surface area (Å²) in [5.41, 5.74) is 4.51. The Balaban J connectivity index is 1.90. The highest BCUT2D eigenvalue weighted by atomic mass is 32.1. The van der Waals surface area contributed by atoms with Gasteiger partial charge >= 0.3 is 0 Å². The summed E-state index contributed by atoms with van der Waals surface area (Å²) in [5.74, 6) is 0.617. The van der Waals surface area contributed by atoms with Crippen LogP contribution in [0.2, 0.25) is 0 Å². The number of rotatable bonds is 4. The van der Waals surface area contributed by atoms with Crippen LogP contribution in [0, 0.1) is 5.92 Å². The second-order valence-electron chi connectivity index (χ2n) is 6.05. The number of aryl methyl sites for hydroxylation is 2. The third-order valence-corrected chi connectivity index (χ3v) is 5.51. The van der Waals surface area contributed by atoms with Gasteiger partial charge in [-0.2, -0.15) is 0 Å². The largest absolute Gasteiger partial charge is 0.312 e. The molecular weight excluding hydrogens is 262 g/mol. The van der Waals surface area contributed by atoms with E-state index in [0.717, 1.165) is 0 Å². The van der Waals surface area contributed by atoms with E-state index >= 15 is 0 Å². The fourth-order valence-electron chi connectivity index (χ4n) is 3.20. The fraction of sp³-hybridized carbons (Fsp3) is 0.444. The van der Waals surface area contributed by atoms with Crippen molar-refractivity contribution in [1.29, 1.82) is 0 Å². The van der Waals surface area contributed by atoms with Crippen LogP contribution < -0.4 is 5.32 Å². The number of thiophene rings is 1. The summed E-state index contributed by atoms with van der Waals surface area (Å²) in [5, 5.41) is 3.43. The maximum Gasteiger partial charge on any atom is 0.0435 e. The van der Waals surface area contributed by atoms with Crippen molar-refractivity contribution in [1.82, 2.24) is 5.32 Å². The van der Waals surface area contributed by atoms with Gasteiger partial charge in [-0.25, -0.2) is 0 Å². The van der Waals surface area contributed by atoms with Crippen LogP contribution in [0.3, 0.4) is 0 Å². The zero-order valence-corrected chi connectivity index (χ0v) is 13.4. The first-order valence-corrected chi connectivity index (χ1v) is 8.40. The van der Waals surface area contributed by atoms with E-state index in [2.05, 4.69) is 56.5 Å². The van der Waals surface area contributed by atoms with Gasteiger partial charge in [0.05, 0.1) is 0 Å². The molecule has 2 aromatic rings. The minimum absolute atomic E-state index is 0.461. The van der Waals surface area contributed by atoms with Crippen LogP contribution in [0.5, 0.6) is 0 Å². The van der Waals surface area contributed by atoms with Gasteiger partial charge in [0.2, 0.25) is 0 Å². The lowest BCUT2D eigenvalue weighted by atomic mass is 10.0. The Hall–Kier alpha value is -1.12. The number of hydrogen-bond donors (Lipinski definition) is 1. The van der Waals surface area contributed by atoms with Crippen LogP contribution in [0.15, 0.2) is 30.3 Å². The standard InChI is InChI=1S/C18H23NS/c1-12(2)18(19-3)17-10-9-16(20-17)15-8-7-13-5-4-6-14(13)11-15/h7-12,18-19H,4-6H2,1-3H3. The van der Waals surface area contributed by atoms with Crippen LogP contribution in [0.4, 0.5) is 0 Å². The number of hydrogen-bond acceptors (Lipinski definition) is 2. The maximum atomic E-state index is 3.43. The molecule has 1 aliphatic rings. The molecule has 0 saturated heterocycles. The summed E-state index contributed by atoms with van der Waals surface area (Å²) in [7, 11) is 2.06. The summed E-state index contributed by atoms with van der Waals surface area (Å²) in [6.07, 6.45) is 3.84. The minimum atomic E-state index is 0.461. The van der Waals surface area contributed by atoms with Gasteiger partial charge in [-0.1, -0.05) is 32.0 Å². The van der Waals surface area contributed by atoms with Crippen LogP contribution in [-0.2, 0) is 12.8 Å². The molecule has 0 aliphatic heterocycles. The first-order valence-electron chi connectivity index (χ1n) is 7.58. The zero-order chi connectivity index (χ0) is 14.1. The highest BCUT2D eigenvalue weighted by molar-refractivity contribution is 7.15. The first kappa shape index (κ1) is 13.8. The summed E-state index contributed by atoms with van der Waals surface area (Å²) in [6, 6.07) is 12.1. The maximum absolute atomic E-state index is 3.43. The predicted octanol–water partition coefficient (Wildman–Crippen LogP) is 4.82. The van der Waals surface area contributed by atoms with Crippen molar-refractivity contribution >= 4 is 11.3 Å². The summed E-state index contributed by atoms with van der Waals surface area (Å²) in [4.78, 5) is 2.84. The van der Waals surface area contributed by atoms with E-state index in [4.69, 9.17) is 0 Å². The molecule has 20 heavy (non-hydrogen) atoms. The molecule has 1 aliphatic carbocycles. The lowest BCUT2D eigenvalue weighted by molar-refractivity contribution is 0.449. The van der Waals surface area contributed by atoms with Gasteiger partial charge in [-0.15, -0.1) is 11.3 Å². The third-order valence-electron chi connectivity index (χ3n) is 4.29. The molecule has 1 unspecified atom stereocenters. The SMILES string of the molecule is CNC(c1ccc(-c2ccc3c(c2)CCC3)s1)C(C)C. The van der Waals surface area contributed by atoms with Gasteiger partial charge in [-0.05, 0) is 61.1 Å². The van der Waals surface area contributed by atoms with Crippen LogP contribution >= 0.6 is 11.3 Å². The fourth-order valence-corrected chi connectivity index (χ4v) is 4.49. The number of nitrogens with one attached hydrogen (secondary N) is 1.